The molecule has 0 radical (unpaired) electrons. The van der Waals surface area contributed by atoms with Crippen LogP contribution < -0.4 is 10.6 Å². The van der Waals surface area contributed by atoms with Crippen LogP contribution in [-0.2, 0) is 39.0 Å². The van der Waals surface area contributed by atoms with Gasteiger partial charge in [-0.3, -0.25) is 9.59 Å². The van der Waals surface area contributed by atoms with Crippen molar-refractivity contribution < 1.29 is 41.4 Å². The average Bonchev–Trinajstić information content (AvgIpc) is 3.43. The molecular weight excluding hydrogens is 533 g/mol. The number of halogens is 3. The molecule has 0 aliphatic rings. The van der Waals surface area contributed by atoms with Gasteiger partial charge >= 0.3 is 5.51 Å². The number of nitrogens with zero attached hydrogens (tertiary/aromatic N) is 2. The fourth-order valence-electron chi connectivity index (χ4n) is 2.73. The quantitative estimate of drug-likeness (QED) is 0.314. The first-order valence-electron chi connectivity index (χ1n) is 9.57. The number of aliphatic hydroxyl groups excluding tert-OH is 2. The van der Waals surface area contributed by atoms with E-state index in [4.69, 9.17) is 5.11 Å². The van der Waals surface area contributed by atoms with Crippen molar-refractivity contribution in [2.45, 2.75) is 30.0 Å². The van der Waals surface area contributed by atoms with E-state index < -0.39 is 38.7 Å². The smallest absolute Gasteiger partial charge is 0.389 e. The monoisotopic (exact) mass is 550 g/mol. The Bertz CT molecular complexity index is 1320. The van der Waals surface area contributed by atoms with Gasteiger partial charge in [0, 0.05) is 5.38 Å². The van der Waals surface area contributed by atoms with Gasteiger partial charge in [0.1, 0.15) is 11.6 Å². The molecule has 35 heavy (non-hydrogen) atoms. The van der Waals surface area contributed by atoms with Gasteiger partial charge in [-0.05, 0) is 17.7 Å². The molecule has 0 spiro atoms. The highest BCUT2D eigenvalue weighted by Crippen LogP contribution is 2.33. The molecule has 2 aromatic heterocycles. The van der Waals surface area contributed by atoms with Crippen LogP contribution in [0.25, 0.3) is 10.6 Å². The number of hydrogen-bond donors (Lipinski definition) is 4. The Kier molecular flexibility index (Phi) is 8.22. The van der Waals surface area contributed by atoms with E-state index in [1.54, 1.807) is 5.38 Å². The molecule has 0 saturated carbocycles. The van der Waals surface area contributed by atoms with E-state index in [0.29, 0.717) is 21.3 Å². The van der Waals surface area contributed by atoms with Crippen molar-refractivity contribution in [2.75, 3.05) is 11.9 Å². The number of benzene rings is 1. The van der Waals surface area contributed by atoms with E-state index in [2.05, 4.69) is 20.6 Å². The second-order valence-electron chi connectivity index (χ2n) is 6.83. The number of sulfone groups is 1. The second-order valence-corrected chi connectivity index (χ2v) is 10.7. The van der Waals surface area contributed by atoms with Crippen LogP contribution in [0.4, 0.5) is 18.3 Å². The lowest BCUT2D eigenvalue weighted by molar-refractivity contribution is -0.124. The molecule has 2 heterocycles. The zero-order chi connectivity index (χ0) is 25.8. The van der Waals surface area contributed by atoms with E-state index in [0.717, 1.165) is 46.9 Å². The summed E-state index contributed by atoms with van der Waals surface area (Å²) in [6.45, 7) is -1.03. The van der Waals surface area contributed by atoms with Gasteiger partial charge in [0.05, 0.1) is 40.7 Å². The van der Waals surface area contributed by atoms with Gasteiger partial charge in [-0.2, -0.15) is 13.2 Å². The Labute approximate surface area is 204 Å². The molecule has 0 aliphatic heterocycles. The molecule has 0 aliphatic carbocycles. The predicted molar refractivity (Wildman–Crippen MR) is 120 cm³/mol. The molecule has 0 bridgehead atoms. The van der Waals surface area contributed by atoms with Gasteiger partial charge in [-0.25, -0.2) is 18.4 Å². The van der Waals surface area contributed by atoms with Crippen LogP contribution in [0.2, 0.25) is 0 Å². The molecule has 1 aromatic carbocycles. The summed E-state index contributed by atoms with van der Waals surface area (Å²) in [5, 5.41) is 25.4. The van der Waals surface area contributed by atoms with E-state index in [1.807, 2.05) is 0 Å². The summed E-state index contributed by atoms with van der Waals surface area (Å²) in [4.78, 5) is 31.8. The summed E-state index contributed by atoms with van der Waals surface area (Å²) in [6, 6.07) is 3.80. The maximum absolute atomic E-state index is 12.6. The molecule has 16 heteroatoms. The van der Waals surface area contributed by atoms with Crippen molar-refractivity contribution in [3.8, 4) is 10.6 Å². The Morgan fingerprint density at radius 1 is 1.06 bits per heavy atom. The van der Waals surface area contributed by atoms with Crippen LogP contribution in [0.15, 0.2) is 34.5 Å². The molecule has 10 nitrogen and oxygen atoms in total. The van der Waals surface area contributed by atoms with Crippen molar-refractivity contribution in [3.63, 3.8) is 0 Å². The first-order valence-corrected chi connectivity index (χ1v) is 12.8. The van der Waals surface area contributed by atoms with Crippen LogP contribution in [0.1, 0.15) is 16.3 Å². The number of aromatic nitrogens is 2. The highest BCUT2D eigenvalue weighted by atomic mass is 32.2. The van der Waals surface area contributed by atoms with Gasteiger partial charge in [0.2, 0.25) is 11.8 Å². The number of carbonyl (C=O) groups excluding carboxylic acids is 2. The van der Waals surface area contributed by atoms with Crippen LogP contribution in [-0.4, -0.2) is 52.5 Å². The number of thiazole rings is 2. The Hall–Kier alpha value is -2.92. The molecule has 188 valence electrons. The topological polar surface area (TPSA) is 159 Å². The fourth-order valence-corrected chi connectivity index (χ4v) is 5.19. The number of carbonyl (C=O) groups is 2. The van der Waals surface area contributed by atoms with Gasteiger partial charge in [-0.15, -0.1) is 22.7 Å². The summed E-state index contributed by atoms with van der Waals surface area (Å²) >= 11 is 2.23. The van der Waals surface area contributed by atoms with Crippen molar-refractivity contribution >= 4 is 49.5 Å². The third-order valence-electron chi connectivity index (χ3n) is 4.36. The van der Waals surface area contributed by atoms with E-state index in [-0.39, 0.29) is 30.3 Å². The lowest BCUT2D eigenvalue weighted by atomic mass is 10.1. The van der Waals surface area contributed by atoms with Gasteiger partial charge in [-0.1, -0.05) is 12.1 Å². The number of rotatable bonds is 9. The normalized spacial score (nSPS) is 11.9. The van der Waals surface area contributed by atoms with E-state index in [9.17, 15) is 36.3 Å². The SMILES string of the molecule is O=C(CO)NCc1nc(CO)sc1-c1csc(NC(=O)Cc2ccc(S(=O)(=O)C(F)(F)F)cc2)n1. The number of anilines is 1. The second kappa shape index (κ2) is 10.8. The highest BCUT2D eigenvalue weighted by Gasteiger charge is 2.46. The molecule has 0 unspecified atom stereocenters. The number of hydrogen-bond acceptors (Lipinski definition) is 10. The largest absolute Gasteiger partial charge is 0.501 e. The first kappa shape index (κ1) is 26.7. The highest BCUT2D eigenvalue weighted by molar-refractivity contribution is 7.92. The van der Waals surface area contributed by atoms with Crippen molar-refractivity contribution in [1.82, 2.24) is 15.3 Å². The standard InChI is InChI=1S/C19H17F3N4O6S3/c20-19(21,22)35(31,32)11-3-1-10(2-4-11)5-14(29)26-18-25-13(9-33-18)17-12(6-23-15(30)7-27)24-16(8-28)34-17/h1-4,9,27-28H,5-8H2,(H,23,30)(H,25,26,29). The van der Waals surface area contributed by atoms with Gasteiger partial charge in [0.15, 0.2) is 5.13 Å². The average molecular weight is 551 g/mol. The molecule has 0 atom stereocenters. The van der Waals surface area contributed by atoms with Gasteiger partial charge in [0.25, 0.3) is 9.84 Å². The number of nitrogens with one attached hydrogen (secondary N) is 2. The molecular formula is C19H17F3N4O6S3. The zero-order valence-corrected chi connectivity index (χ0v) is 19.9. The molecule has 0 saturated heterocycles. The Morgan fingerprint density at radius 2 is 1.74 bits per heavy atom. The molecule has 2 amide bonds. The van der Waals surface area contributed by atoms with Crippen molar-refractivity contribution in [1.29, 1.82) is 0 Å². The summed E-state index contributed by atoms with van der Waals surface area (Å²) < 4.78 is 60.8. The summed E-state index contributed by atoms with van der Waals surface area (Å²) in [7, 11) is -5.47. The minimum Gasteiger partial charge on any atom is -0.389 e. The maximum atomic E-state index is 12.6. The van der Waals surface area contributed by atoms with Crippen LogP contribution in [0.3, 0.4) is 0 Å². The van der Waals surface area contributed by atoms with E-state index >= 15 is 0 Å². The molecule has 3 rings (SSSR count). The molecule has 3 aromatic rings. The lowest BCUT2D eigenvalue weighted by Gasteiger charge is -2.08. The fraction of sp³-hybridized carbons (Fsp3) is 0.263. The van der Waals surface area contributed by atoms with Crippen LogP contribution in [0, 0.1) is 0 Å². The number of aliphatic hydroxyl groups is 2. The summed E-state index contributed by atoms with van der Waals surface area (Å²) in [5.41, 5.74) is -4.29. The van der Waals surface area contributed by atoms with Gasteiger partial charge < -0.3 is 20.8 Å². The molecule has 0 fully saturated rings. The third-order valence-corrected chi connectivity index (χ3v) is 7.72. The first-order chi connectivity index (χ1) is 16.4. The molecule has 4 N–H and O–H groups in total. The van der Waals surface area contributed by atoms with Crippen molar-refractivity contribution in [3.05, 3.63) is 45.9 Å². The third kappa shape index (κ3) is 6.40. The van der Waals surface area contributed by atoms with Crippen LogP contribution >= 0.6 is 22.7 Å². The van der Waals surface area contributed by atoms with E-state index in [1.165, 1.54) is 0 Å². The minimum atomic E-state index is -5.47. The maximum Gasteiger partial charge on any atom is 0.501 e. The Balaban J connectivity index is 1.68. The summed E-state index contributed by atoms with van der Waals surface area (Å²) in [6.07, 6.45) is -0.241. The summed E-state index contributed by atoms with van der Waals surface area (Å²) in [5.74, 6) is -1.14. The Morgan fingerprint density at radius 3 is 2.34 bits per heavy atom. The number of alkyl halides is 3. The number of amides is 2. The lowest BCUT2D eigenvalue weighted by Crippen LogP contribution is -2.25. The zero-order valence-electron chi connectivity index (χ0n) is 17.5. The minimum absolute atomic E-state index is 0.00942. The van der Waals surface area contributed by atoms with Crippen molar-refractivity contribution in [2.24, 2.45) is 0 Å². The predicted octanol–water partition coefficient (Wildman–Crippen LogP) is 1.84. The van der Waals surface area contributed by atoms with Crippen LogP contribution in [0.5, 0.6) is 0 Å².